The Bertz CT molecular complexity index is 462. The van der Waals surface area contributed by atoms with Crippen molar-refractivity contribution in [3.8, 4) is 0 Å². The van der Waals surface area contributed by atoms with Crippen molar-refractivity contribution in [2.45, 2.75) is 23.8 Å². The monoisotopic (exact) mass is 261 g/mol. The fraction of sp³-hybridized carbons (Fsp3) is 0.300. The summed E-state index contributed by atoms with van der Waals surface area (Å²) in [6.45, 7) is 0. The molecule has 0 amide bonds. The van der Waals surface area contributed by atoms with E-state index in [-0.39, 0.29) is 16.5 Å². The Kier molecular flexibility index (Phi) is 3.37. The standard InChI is InChI=1S/C10H9ClFNO2S/c11-10(14)6-1-4-8(12)9(5-6)16(15)13-7-2-3-7/h1,4-5,7,13H,2-3H2. The zero-order valence-electron chi connectivity index (χ0n) is 8.20. The molecule has 1 aliphatic carbocycles. The molecular formula is C10H9ClFNO2S. The van der Waals surface area contributed by atoms with Crippen LogP contribution in [-0.4, -0.2) is 15.5 Å². The first-order valence-corrected chi connectivity index (χ1v) is 6.28. The Balaban J connectivity index is 2.26. The van der Waals surface area contributed by atoms with Gasteiger partial charge in [0.2, 0.25) is 0 Å². The highest BCUT2D eigenvalue weighted by molar-refractivity contribution is 7.83. The lowest BCUT2D eigenvalue weighted by Gasteiger charge is -2.05. The molecule has 1 aliphatic rings. The second-order valence-electron chi connectivity index (χ2n) is 3.58. The molecule has 1 aromatic rings. The van der Waals surface area contributed by atoms with E-state index in [1.54, 1.807) is 0 Å². The van der Waals surface area contributed by atoms with Crippen molar-refractivity contribution in [2.24, 2.45) is 0 Å². The minimum absolute atomic E-state index is 0.0293. The summed E-state index contributed by atoms with van der Waals surface area (Å²) in [5.74, 6) is -0.604. The Hall–Kier alpha value is -0.780. The normalized spacial score (nSPS) is 17.1. The summed E-state index contributed by atoms with van der Waals surface area (Å²) in [6, 6.07) is 3.77. The van der Waals surface area contributed by atoms with Crippen LogP contribution < -0.4 is 4.72 Å². The SMILES string of the molecule is O=C(Cl)c1ccc(F)c(S(=O)NC2CC2)c1. The van der Waals surface area contributed by atoms with E-state index in [0.717, 1.165) is 18.9 Å². The molecule has 86 valence electrons. The molecule has 1 aromatic carbocycles. The molecular weight excluding hydrogens is 253 g/mol. The number of carbonyl (C=O) groups is 1. The molecule has 0 bridgehead atoms. The van der Waals surface area contributed by atoms with Crippen molar-refractivity contribution in [1.82, 2.24) is 4.72 Å². The van der Waals surface area contributed by atoms with E-state index in [1.165, 1.54) is 12.1 Å². The fourth-order valence-electron chi connectivity index (χ4n) is 1.18. The number of carbonyl (C=O) groups excluding carboxylic acids is 1. The van der Waals surface area contributed by atoms with E-state index >= 15 is 0 Å². The van der Waals surface area contributed by atoms with Gasteiger partial charge in [0.25, 0.3) is 5.24 Å². The van der Waals surface area contributed by atoms with Crippen molar-refractivity contribution in [3.05, 3.63) is 29.6 Å². The van der Waals surface area contributed by atoms with Crippen molar-refractivity contribution in [2.75, 3.05) is 0 Å². The van der Waals surface area contributed by atoms with Gasteiger partial charge < -0.3 is 0 Å². The highest BCUT2D eigenvalue weighted by atomic mass is 35.5. The summed E-state index contributed by atoms with van der Waals surface area (Å²) >= 11 is 5.27. The van der Waals surface area contributed by atoms with Gasteiger partial charge in [0, 0.05) is 11.6 Å². The zero-order chi connectivity index (χ0) is 11.7. The summed E-state index contributed by atoms with van der Waals surface area (Å²) in [5.41, 5.74) is 0.143. The number of benzene rings is 1. The van der Waals surface area contributed by atoms with Gasteiger partial charge in [-0.15, -0.1) is 0 Å². The van der Waals surface area contributed by atoms with E-state index in [4.69, 9.17) is 11.6 Å². The second kappa shape index (κ2) is 4.61. The van der Waals surface area contributed by atoms with Gasteiger partial charge in [-0.1, -0.05) is 0 Å². The molecule has 1 unspecified atom stereocenters. The molecule has 1 N–H and O–H groups in total. The van der Waals surface area contributed by atoms with Gasteiger partial charge in [-0.05, 0) is 42.6 Å². The van der Waals surface area contributed by atoms with E-state index in [2.05, 4.69) is 4.72 Å². The molecule has 1 atom stereocenters. The summed E-state index contributed by atoms with van der Waals surface area (Å²) in [5, 5.41) is -0.690. The van der Waals surface area contributed by atoms with Gasteiger partial charge in [-0.2, -0.15) is 0 Å². The number of nitrogens with one attached hydrogen (secondary N) is 1. The molecule has 16 heavy (non-hydrogen) atoms. The molecule has 0 aliphatic heterocycles. The van der Waals surface area contributed by atoms with E-state index < -0.39 is 22.0 Å². The minimum Gasteiger partial charge on any atom is -0.276 e. The smallest absolute Gasteiger partial charge is 0.252 e. The Labute approximate surface area is 99.6 Å². The van der Waals surface area contributed by atoms with Crippen molar-refractivity contribution >= 4 is 27.8 Å². The molecule has 0 spiro atoms. The lowest BCUT2D eigenvalue weighted by atomic mass is 10.2. The van der Waals surface area contributed by atoms with Crippen LogP contribution in [0.2, 0.25) is 0 Å². The number of rotatable bonds is 4. The van der Waals surface area contributed by atoms with Gasteiger partial charge in [0.05, 0.1) is 4.90 Å². The Morgan fingerprint density at radius 1 is 1.50 bits per heavy atom. The molecule has 1 saturated carbocycles. The van der Waals surface area contributed by atoms with Crippen LogP contribution in [0.25, 0.3) is 0 Å². The number of hydrogen-bond acceptors (Lipinski definition) is 2. The quantitative estimate of drug-likeness (QED) is 0.843. The molecule has 0 aromatic heterocycles. The highest BCUT2D eigenvalue weighted by Gasteiger charge is 2.25. The lowest BCUT2D eigenvalue weighted by molar-refractivity contribution is 0.108. The molecule has 0 heterocycles. The zero-order valence-corrected chi connectivity index (χ0v) is 9.78. The molecule has 6 heteroatoms. The van der Waals surface area contributed by atoms with Gasteiger partial charge in [-0.25, -0.2) is 13.3 Å². The van der Waals surface area contributed by atoms with Gasteiger partial charge in [-0.3, -0.25) is 4.79 Å². The van der Waals surface area contributed by atoms with E-state index in [0.29, 0.717) is 0 Å². The summed E-state index contributed by atoms with van der Waals surface area (Å²) < 4.78 is 27.8. The van der Waals surface area contributed by atoms with E-state index in [9.17, 15) is 13.4 Å². The third-order valence-electron chi connectivity index (χ3n) is 2.21. The maximum atomic E-state index is 13.4. The van der Waals surface area contributed by atoms with Crippen molar-refractivity contribution in [3.63, 3.8) is 0 Å². The topological polar surface area (TPSA) is 46.2 Å². The second-order valence-corrected chi connectivity index (χ2v) is 5.14. The van der Waals surface area contributed by atoms with Crippen LogP contribution in [0.1, 0.15) is 23.2 Å². The number of hydrogen-bond donors (Lipinski definition) is 1. The van der Waals surface area contributed by atoms with Crippen LogP contribution in [0.4, 0.5) is 4.39 Å². The molecule has 3 nitrogen and oxygen atoms in total. The van der Waals surface area contributed by atoms with Crippen molar-refractivity contribution in [1.29, 1.82) is 0 Å². The Morgan fingerprint density at radius 2 is 2.19 bits per heavy atom. The fourth-order valence-corrected chi connectivity index (χ4v) is 2.45. The summed E-state index contributed by atoms with van der Waals surface area (Å²) in [6.07, 6.45) is 1.89. The average Bonchev–Trinajstić information content (AvgIpc) is 3.01. The highest BCUT2D eigenvalue weighted by Crippen LogP contribution is 2.22. The van der Waals surface area contributed by atoms with Gasteiger partial charge in [0.1, 0.15) is 16.8 Å². The van der Waals surface area contributed by atoms with Crippen LogP contribution in [0, 0.1) is 5.82 Å². The van der Waals surface area contributed by atoms with Gasteiger partial charge in [0.15, 0.2) is 0 Å². The van der Waals surface area contributed by atoms with Crippen molar-refractivity contribution < 1.29 is 13.4 Å². The molecule has 1 fully saturated rings. The van der Waals surface area contributed by atoms with E-state index in [1.807, 2.05) is 0 Å². The molecule has 2 rings (SSSR count). The first-order valence-electron chi connectivity index (χ1n) is 4.75. The maximum Gasteiger partial charge on any atom is 0.252 e. The maximum absolute atomic E-state index is 13.4. The van der Waals surface area contributed by atoms with Crippen LogP contribution in [0.5, 0.6) is 0 Å². The van der Waals surface area contributed by atoms with Crippen LogP contribution >= 0.6 is 11.6 Å². The van der Waals surface area contributed by atoms with Crippen LogP contribution in [0.15, 0.2) is 23.1 Å². The predicted octanol–water partition coefficient (Wildman–Crippen LogP) is 1.98. The lowest BCUT2D eigenvalue weighted by Crippen LogP contribution is -2.20. The predicted molar refractivity (Wildman–Crippen MR) is 59.1 cm³/mol. The third-order valence-corrected chi connectivity index (χ3v) is 3.69. The molecule has 0 saturated heterocycles. The summed E-state index contributed by atoms with van der Waals surface area (Å²) in [7, 11) is -1.63. The first-order chi connectivity index (χ1) is 7.58. The average molecular weight is 262 g/mol. The number of halogens is 2. The van der Waals surface area contributed by atoms with Crippen LogP contribution in [0.3, 0.4) is 0 Å². The molecule has 0 radical (unpaired) electrons. The minimum atomic E-state index is -1.63. The Morgan fingerprint density at radius 3 is 2.75 bits per heavy atom. The third kappa shape index (κ3) is 2.66. The van der Waals surface area contributed by atoms with Crippen LogP contribution in [-0.2, 0) is 11.0 Å². The largest absolute Gasteiger partial charge is 0.276 e. The van der Waals surface area contributed by atoms with Gasteiger partial charge >= 0.3 is 0 Å². The first kappa shape index (κ1) is 11.7. The summed E-state index contributed by atoms with van der Waals surface area (Å²) in [4.78, 5) is 10.9.